The van der Waals surface area contributed by atoms with Crippen molar-refractivity contribution in [3.05, 3.63) is 15.4 Å². The highest BCUT2D eigenvalue weighted by atomic mass is 79.9. The van der Waals surface area contributed by atoms with Crippen LogP contribution >= 0.6 is 39.5 Å². The van der Waals surface area contributed by atoms with E-state index in [1.165, 1.54) is 11.3 Å². The Morgan fingerprint density at radius 1 is 1.63 bits per heavy atom. The standard InChI is InChI=1S/C11H15BrN2O2S3/c1-7-6-10(18-11(7)12)19(15,16)14(8-2-3-8)5-4-9(13)17/h6,8H,2-5H2,1H3,(H2,13,17). The first kappa shape index (κ1) is 15.4. The molecule has 1 heterocycles. The summed E-state index contributed by atoms with van der Waals surface area (Å²) in [6.07, 6.45) is 2.26. The van der Waals surface area contributed by atoms with Gasteiger partial charge in [-0.1, -0.05) is 12.2 Å². The molecular weight excluding hydrogens is 368 g/mol. The third-order valence-corrected chi connectivity index (χ3v) is 7.67. The van der Waals surface area contributed by atoms with Crippen LogP contribution in [0.2, 0.25) is 0 Å². The molecule has 0 atom stereocenters. The van der Waals surface area contributed by atoms with Crippen molar-refractivity contribution in [1.29, 1.82) is 0 Å². The van der Waals surface area contributed by atoms with Crippen molar-refractivity contribution in [3.63, 3.8) is 0 Å². The fourth-order valence-corrected chi connectivity index (χ4v) is 5.89. The average molecular weight is 383 g/mol. The van der Waals surface area contributed by atoms with Crippen LogP contribution in [0.4, 0.5) is 0 Å². The highest BCUT2D eigenvalue weighted by Crippen LogP contribution is 2.37. The van der Waals surface area contributed by atoms with Crippen LogP contribution in [0.25, 0.3) is 0 Å². The average Bonchev–Trinajstić information content (AvgIpc) is 3.06. The van der Waals surface area contributed by atoms with Crippen molar-refractivity contribution in [3.8, 4) is 0 Å². The van der Waals surface area contributed by atoms with E-state index in [1.807, 2.05) is 6.92 Å². The summed E-state index contributed by atoms with van der Waals surface area (Å²) >= 11 is 9.46. The molecule has 106 valence electrons. The molecule has 1 aliphatic carbocycles. The van der Waals surface area contributed by atoms with Crippen molar-refractivity contribution in [1.82, 2.24) is 4.31 Å². The molecule has 0 radical (unpaired) electrons. The summed E-state index contributed by atoms with van der Waals surface area (Å²) in [6, 6.07) is 1.82. The Balaban J connectivity index is 2.26. The van der Waals surface area contributed by atoms with Crippen LogP contribution < -0.4 is 5.73 Å². The number of nitrogens with two attached hydrogens (primary N) is 1. The van der Waals surface area contributed by atoms with Gasteiger partial charge in [-0.15, -0.1) is 11.3 Å². The fourth-order valence-electron chi connectivity index (χ4n) is 1.76. The van der Waals surface area contributed by atoms with E-state index in [9.17, 15) is 8.42 Å². The second-order valence-corrected chi connectivity index (χ2v) is 9.60. The number of aryl methyl sites for hydroxylation is 1. The minimum Gasteiger partial charge on any atom is -0.393 e. The maximum atomic E-state index is 12.6. The number of hydrogen-bond acceptors (Lipinski definition) is 4. The molecule has 4 nitrogen and oxygen atoms in total. The Morgan fingerprint density at radius 2 is 2.26 bits per heavy atom. The van der Waals surface area contributed by atoms with Crippen LogP contribution in [0.1, 0.15) is 24.8 Å². The number of thiophene rings is 1. The van der Waals surface area contributed by atoms with Gasteiger partial charge in [0.25, 0.3) is 10.0 Å². The van der Waals surface area contributed by atoms with Crippen molar-refractivity contribution < 1.29 is 8.42 Å². The molecule has 0 amide bonds. The van der Waals surface area contributed by atoms with Crippen LogP contribution in [-0.4, -0.2) is 30.3 Å². The van der Waals surface area contributed by atoms with E-state index in [2.05, 4.69) is 15.9 Å². The molecule has 0 aliphatic heterocycles. The first-order valence-corrected chi connectivity index (χ1v) is 9.34. The predicted octanol–water partition coefficient (Wildman–Crippen LogP) is 2.65. The van der Waals surface area contributed by atoms with E-state index in [1.54, 1.807) is 10.4 Å². The SMILES string of the molecule is Cc1cc(S(=O)(=O)N(CCC(N)=S)C2CC2)sc1Br. The van der Waals surface area contributed by atoms with Gasteiger partial charge in [0, 0.05) is 19.0 Å². The number of sulfonamides is 1. The molecule has 0 unspecified atom stereocenters. The van der Waals surface area contributed by atoms with E-state index < -0.39 is 10.0 Å². The van der Waals surface area contributed by atoms with Gasteiger partial charge in [-0.05, 0) is 47.3 Å². The molecule has 2 N–H and O–H groups in total. The molecule has 8 heteroatoms. The minimum absolute atomic E-state index is 0.112. The van der Waals surface area contributed by atoms with Gasteiger partial charge in [-0.25, -0.2) is 8.42 Å². The van der Waals surface area contributed by atoms with Crippen LogP contribution in [0.3, 0.4) is 0 Å². The Labute approximate surface area is 131 Å². The summed E-state index contributed by atoms with van der Waals surface area (Å²) in [5.41, 5.74) is 6.42. The maximum absolute atomic E-state index is 12.6. The molecule has 0 bridgehead atoms. The highest BCUT2D eigenvalue weighted by Gasteiger charge is 2.38. The molecule has 1 aliphatic rings. The summed E-state index contributed by atoms with van der Waals surface area (Å²) in [5, 5.41) is 0. The number of hydrogen-bond donors (Lipinski definition) is 1. The highest BCUT2D eigenvalue weighted by molar-refractivity contribution is 9.11. The zero-order valence-electron chi connectivity index (χ0n) is 10.4. The lowest BCUT2D eigenvalue weighted by Crippen LogP contribution is -2.35. The summed E-state index contributed by atoms with van der Waals surface area (Å²) in [5.74, 6) is 0. The molecule has 0 saturated heterocycles. The predicted molar refractivity (Wildman–Crippen MR) is 85.1 cm³/mol. The van der Waals surface area contributed by atoms with Gasteiger partial charge in [0.2, 0.25) is 0 Å². The van der Waals surface area contributed by atoms with Crippen molar-refractivity contribution in [2.24, 2.45) is 5.73 Å². The fraction of sp³-hybridized carbons (Fsp3) is 0.545. The maximum Gasteiger partial charge on any atom is 0.252 e. The monoisotopic (exact) mass is 382 g/mol. The van der Waals surface area contributed by atoms with E-state index in [0.29, 0.717) is 22.2 Å². The molecule has 0 aromatic carbocycles. The topological polar surface area (TPSA) is 63.4 Å². The van der Waals surface area contributed by atoms with Crippen LogP contribution in [-0.2, 0) is 10.0 Å². The van der Waals surface area contributed by atoms with Gasteiger partial charge < -0.3 is 5.73 Å². The lowest BCUT2D eigenvalue weighted by Gasteiger charge is -2.20. The molecule has 1 saturated carbocycles. The third kappa shape index (κ3) is 3.55. The van der Waals surface area contributed by atoms with Gasteiger partial charge in [0.1, 0.15) is 4.21 Å². The molecule has 2 rings (SSSR count). The Morgan fingerprint density at radius 3 is 2.68 bits per heavy atom. The number of rotatable bonds is 6. The van der Waals surface area contributed by atoms with Gasteiger partial charge >= 0.3 is 0 Å². The van der Waals surface area contributed by atoms with E-state index in [4.69, 9.17) is 18.0 Å². The molecule has 1 fully saturated rings. The normalized spacial score (nSPS) is 15.9. The Bertz CT molecular complexity index is 574. The zero-order chi connectivity index (χ0) is 14.2. The van der Waals surface area contributed by atoms with Gasteiger partial charge in [0.05, 0.1) is 8.77 Å². The van der Waals surface area contributed by atoms with Crippen LogP contribution in [0.15, 0.2) is 14.1 Å². The summed E-state index contributed by atoms with van der Waals surface area (Å²) < 4.78 is 28.0. The second kappa shape index (κ2) is 5.77. The van der Waals surface area contributed by atoms with Crippen molar-refractivity contribution in [2.75, 3.05) is 6.54 Å². The van der Waals surface area contributed by atoms with Gasteiger partial charge in [-0.3, -0.25) is 0 Å². The number of halogens is 1. The third-order valence-electron chi connectivity index (χ3n) is 2.93. The number of thiocarbonyl (C=S) groups is 1. The van der Waals surface area contributed by atoms with E-state index in [0.717, 1.165) is 22.2 Å². The smallest absolute Gasteiger partial charge is 0.252 e. The molecule has 19 heavy (non-hydrogen) atoms. The second-order valence-electron chi connectivity index (χ2n) is 4.59. The molecule has 1 aromatic heterocycles. The Kier molecular flexibility index (Phi) is 4.67. The largest absolute Gasteiger partial charge is 0.393 e. The first-order valence-electron chi connectivity index (χ1n) is 5.88. The Hall–Kier alpha value is -0.0200. The van der Waals surface area contributed by atoms with E-state index in [-0.39, 0.29) is 6.04 Å². The number of nitrogens with zero attached hydrogens (tertiary/aromatic N) is 1. The summed E-state index contributed by atoms with van der Waals surface area (Å²) in [7, 11) is -3.43. The lowest BCUT2D eigenvalue weighted by molar-refractivity contribution is 0.414. The molecule has 1 aromatic rings. The first-order chi connectivity index (χ1) is 8.82. The van der Waals surface area contributed by atoms with Crippen LogP contribution in [0.5, 0.6) is 0 Å². The minimum atomic E-state index is -3.43. The van der Waals surface area contributed by atoms with E-state index >= 15 is 0 Å². The van der Waals surface area contributed by atoms with Gasteiger partial charge in [-0.2, -0.15) is 4.31 Å². The molecular formula is C11H15BrN2O2S3. The quantitative estimate of drug-likeness (QED) is 0.768. The van der Waals surface area contributed by atoms with Crippen molar-refractivity contribution in [2.45, 2.75) is 36.4 Å². The summed E-state index contributed by atoms with van der Waals surface area (Å²) in [6.45, 7) is 2.26. The van der Waals surface area contributed by atoms with Crippen molar-refractivity contribution >= 4 is 54.5 Å². The molecule has 0 spiro atoms. The van der Waals surface area contributed by atoms with Gasteiger partial charge in [0.15, 0.2) is 0 Å². The summed E-state index contributed by atoms with van der Waals surface area (Å²) in [4.78, 5) is 0.351. The zero-order valence-corrected chi connectivity index (χ0v) is 14.5. The van der Waals surface area contributed by atoms with Crippen LogP contribution in [0, 0.1) is 6.92 Å². The lowest BCUT2D eigenvalue weighted by atomic mass is 10.4.